The third-order valence-corrected chi connectivity index (χ3v) is 4.58. The van der Waals surface area contributed by atoms with Crippen LogP contribution in [0.2, 0.25) is 0 Å². The van der Waals surface area contributed by atoms with E-state index in [0.717, 1.165) is 22.6 Å². The van der Waals surface area contributed by atoms with Gasteiger partial charge in [0.25, 0.3) is 0 Å². The molecule has 0 amide bonds. The van der Waals surface area contributed by atoms with E-state index in [4.69, 9.17) is 4.74 Å². The standard InChI is InChI=1S/C16H11NO3S2/c18-7-11-1-3-12(4-2-11)16(19)20-8-14-10-22-15(17-14)13-5-6-21-9-13/h1-7,9-10H,8H2. The molecule has 4 nitrogen and oxygen atoms in total. The van der Waals surface area contributed by atoms with E-state index in [1.807, 2.05) is 22.2 Å². The molecule has 110 valence electrons. The first-order chi connectivity index (χ1) is 10.8. The van der Waals surface area contributed by atoms with Crippen LogP contribution in [0.4, 0.5) is 0 Å². The molecule has 0 bridgehead atoms. The van der Waals surface area contributed by atoms with Crippen LogP contribution in [-0.2, 0) is 11.3 Å². The maximum absolute atomic E-state index is 11.9. The van der Waals surface area contributed by atoms with Crippen molar-refractivity contribution in [1.82, 2.24) is 4.98 Å². The Balaban J connectivity index is 1.62. The number of rotatable bonds is 5. The number of benzene rings is 1. The lowest BCUT2D eigenvalue weighted by molar-refractivity contribution is 0.0468. The van der Waals surface area contributed by atoms with Gasteiger partial charge in [0, 0.05) is 21.9 Å². The first-order valence-electron chi connectivity index (χ1n) is 6.45. The molecule has 3 aromatic rings. The van der Waals surface area contributed by atoms with Crippen molar-refractivity contribution in [3.63, 3.8) is 0 Å². The van der Waals surface area contributed by atoms with Crippen molar-refractivity contribution in [3.8, 4) is 10.6 Å². The fourth-order valence-corrected chi connectivity index (χ4v) is 3.33. The Morgan fingerprint density at radius 1 is 1.18 bits per heavy atom. The largest absolute Gasteiger partial charge is 0.456 e. The summed E-state index contributed by atoms with van der Waals surface area (Å²) in [6.45, 7) is 0.134. The van der Waals surface area contributed by atoms with Crippen LogP contribution in [0.15, 0.2) is 46.5 Å². The van der Waals surface area contributed by atoms with Crippen LogP contribution in [0, 0.1) is 0 Å². The second-order valence-corrected chi connectivity index (χ2v) is 6.11. The summed E-state index contributed by atoms with van der Waals surface area (Å²) in [5.41, 5.74) is 2.75. The van der Waals surface area contributed by atoms with Gasteiger partial charge < -0.3 is 4.74 Å². The van der Waals surface area contributed by atoms with E-state index in [2.05, 4.69) is 4.98 Å². The number of thiazole rings is 1. The van der Waals surface area contributed by atoms with Crippen LogP contribution in [-0.4, -0.2) is 17.2 Å². The van der Waals surface area contributed by atoms with Crippen molar-refractivity contribution in [1.29, 1.82) is 0 Å². The molecule has 0 atom stereocenters. The van der Waals surface area contributed by atoms with Gasteiger partial charge in [-0.05, 0) is 23.6 Å². The van der Waals surface area contributed by atoms with Crippen LogP contribution >= 0.6 is 22.7 Å². The van der Waals surface area contributed by atoms with Gasteiger partial charge in [0.05, 0.1) is 11.3 Å². The van der Waals surface area contributed by atoms with Gasteiger partial charge in [-0.1, -0.05) is 12.1 Å². The maximum atomic E-state index is 11.9. The van der Waals surface area contributed by atoms with E-state index < -0.39 is 5.97 Å². The molecule has 3 rings (SSSR count). The van der Waals surface area contributed by atoms with E-state index in [1.165, 1.54) is 11.3 Å². The summed E-state index contributed by atoms with van der Waals surface area (Å²) in [5, 5.41) is 6.83. The minimum atomic E-state index is -0.428. The highest BCUT2D eigenvalue weighted by atomic mass is 32.1. The molecule has 2 aromatic heterocycles. The summed E-state index contributed by atoms with van der Waals surface area (Å²) >= 11 is 3.14. The van der Waals surface area contributed by atoms with Crippen LogP contribution in [0.1, 0.15) is 26.4 Å². The molecule has 0 N–H and O–H groups in total. The monoisotopic (exact) mass is 329 g/mol. The predicted octanol–water partition coefficient (Wildman–Crippen LogP) is 4.04. The number of thiophene rings is 1. The Morgan fingerprint density at radius 3 is 2.68 bits per heavy atom. The van der Waals surface area contributed by atoms with Crippen LogP contribution < -0.4 is 0 Å². The topological polar surface area (TPSA) is 56.3 Å². The quantitative estimate of drug-likeness (QED) is 0.523. The molecule has 0 aliphatic carbocycles. The van der Waals surface area contributed by atoms with Crippen molar-refractivity contribution >= 4 is 34.9 Å². The molecule has 22 heavy (non-hydrogen) atoms. The first kappa shape index (κ1) is 14.6. The summed E-state index contributed by atoms with van der Waals surface area (Å²) in [6.07, 6.45) is 0.732. The average Bonchev–Trinajstić information content (AvgIpc) is 3.23. The molecule has 0 saturated heterocycles. The molecule has 0 aliphatic rings. The molecule has 0 fully saturated rings. The molecule has 0 saturated carbocycles. The number of ether oxygens (including phenoxy) is 1. The molecule has 0 radical (unpaired) electrons. The highest BCUT2D eigenvalue weighted by molar-refractivity contribution is 7.14. The second-order valence-electron chi connectivity index (χ2n) is 4.47. The van der Waals surface area contributed by atoms with E-state index in [0.29, 0.717) is 11.1 Å². The smallest absolute Gasteiger partial charge is 0.338 e. The fourth-order valence-electron chi connectivity index (χ4n) is 1.81. The fraction of sp³-hybridized carbons (Fsp3) is 0.0625. The summed E-state index contributed by atoms with van der Waals surface area (Å²) in [5.74, 6) is -0.428. The Kier molecular flexibility index (Phi) is 4.41. The van der Waals surface area contributed by atoms with Crippen LogP contribution in [0.5, 0.6) is 0 Å². The number of carbonyl (C=O) groups excluding carboxylic acids is 2. The van der Waals surface area contributed by atoms with Gasteiger partial charge >= 0.3 is 5.97 Å². The van der Waals surface area contributed by atoms with Gasteiger partial charge in [0.2, 0.25) is 0 Å². The van der Waals surface area contributed by atoms with Crippen molar-refractivity contribution in [3.05, 3.63) is 63.3 Å². The van der Waals surface area contributed by atoms with Gasteiger partial charge in [-0.15, -0.1) is 11.3 Å². The van der Waals surface area contributed by atoms with Crippen molar-refractivity contribution in [2.75, 3.05) is 0 Å². The molecule has 6 heteroatoms. The number of hydrogen-bond donors (Lipinski definition) is 0. The Labute approximate surface area is 135 Å². The maximum Gasteiger partial charge on any atom is 0.338 e. The van der Waals surface area contributed by atoms with Gasteiger partial charge in [-0.2, -0.15) is 11.3 Å². The minimum Gasteiger partial charge on any atom is -0.456 e. The number of aldehydes is 1. The highest BCUT2D eigenvalue weighted by Gasteiger charge is 2.10. The molecular weight excluding hydrogens is 318 g/mol. The normalized spacial score (nSPS) is 10.4. The summed E-state index contributed by atoms with van der Waals surface area (Å²) in [6, 6.07) is 8.32. The predicted molar refractivity (Wildman–Crippen MR) is 86.4 cm³/mol. The Morgan fingerprint density at radius 2 is 2.00 bits per heavy atom. The van der Waals surface area contributed by atoms with Crippen LogP contribution in [0.25, 0.3) is 10.6 Å². The molecule has 0 unspecified atom stereocenters. The molecule has 0 aliphatic heterocycles. The molecule has 1 aromatic carbocycles. The van der Waals surface area contributed by atoms with E-state index in [1.54, 1.807) is 35.6 Å². The lowest BCUT2D eigenvalue weighted by atomic mass is 10.1. The van der Waals surface area contributed by atoms with Crippen molar-refractivity contribution < 1.29 is 14.3 Å². The zero-order valence-corrected chi connectivity index (χ0v) is 13.0. The van der Waals surface area contributed by atoms with Crippen molar-refractivity contribution in [2.45, 2.75) is 6.61 Å². The zero-order chi connectivity index (χ0) is 15.4. The number of nitrogens with zero attached hydrogens (tertiary/aromatic N) is 1. The third kappa shape index (κ3) is 3.29. The van der Waals surface area contributed by atoms with Gasteiger partial charge in [-0.25, -0.2) is 9.78 Å². The van der Waals surface area contributed by atoms with E-state index in [-0.39, 0.29) is 6.61 Å². The average molecular weight is 329 g/mol. The number of aromatic nitrogens is 1. The SMILES string of the molecule is O=Cc1ccc(C(=O)OCc2csc(-c3ccsc3)n2)cc1. The lowest BCUT2D eigenvalue weighted by Gasteiger charge is -2.02. The number of esters is 1. The lowest BCUT2D eigenvalue weighted by Crippen LogP contribution is -2.05. The highest BCUT2D eigenvalue weighted by Crippen LogP contribution is 2.25. The summed E-state index contributed by atoms with van der Waals surface area (Å²) in [7, 11) is 0. The minimum absolute atomic E-state index is 0.134. The number of carbonyl (C=O) groups is 2. The molecule has 0 spiro atoms. The zero-order valence-electron chi connectivity index (χ0n) is 11.4. The Bertz CT molecular complexity index is 776. The Hall–Kier alpha value is -2.31. The summed E-state index contributed by atoms with van der Waals surface area (Å²) in [4.78, 5) is 26.9. The van der Waals surface area contributed by atoms with Gasteiger partial charge in [0.15, 0.2) is 0 Å². The van der Waals surface area contributed by atoms with Crippen molar-refractivity contribution in [2.24, 2.45) is 0 Å². The van der Waals surface area contributed by atoms with E-state index in [9.17, 15) is 9.59 Å². The van der Waals surface area contributed by atoms with Crippen LogP contribution in [0.3, 0.4) is 0 Å². The second kappa shape index (κ2) is 6.64. The number of hydrogen-bond acceptors (Lipinski definition) is 6. The summed E-state index contributed by atoms with van der Waals surface area (Å²) < 4.78 is 5.24. The van der Waals surface area contributed by atoms with E-state index >= 15 is 0 Å². The molecule has 2 heterocycles. The van der Waals surface area contributed by atoms with Gasteiger partial charge in [-0.3, -0.25) is 4.79 Å². The van der Waals surface area contributed by atoms with Gasteiger partial charge in [0.1, 0.15) is 17.9 Å². The first-order valence-corrected chi connectivity index (χ1v) is 8.28. The third-order valence-electron chi connectivity index (χ3n) is 2.95. The molecular formula is C16H11NO3S2.